The molecule has 0 atom stereocenters. The maximum atomic E-state index is 8.41. The number of rotatable bonds is 2. The molecule has 4 nitrogen and oxygen atoms in total. The minimum absolute atomic E-state index is 0.422. The summed E-state index contributed by atoms with van der Waals surface area (Å²) in [5, 5.41) is 8.41. The molecule has 0 spiro atoms. The second-order valence-electron chi connectivity index (χ2n) is 2.04. The minimum Gasteiger partial charge on any atom is -0.271 e. The second kappa shape index (κ2) is 3.66. The molecule has 1 heterocycles. The first-order chi connectivity index (χ1) is 5.36. The molecule has 0 radical (unpaired) electrons. The number of nitriles is 1. The van der Waals surface area contributed by atoms with E-state index in [1.807, 2.05) is 12.1 Å². The van der Waals surface area contributed by atoms with Crippen molar-refractivity contribution in [2.45, 2.75) is 6.54 Å². The molecular weight excluding hydrogens is 140 g/mol. The van der Waals surface area contributed by atoms with Crippen LogP contribution in [0.25, 0.3) is 0 Å². The molecular formula is C7H8N4. The summed E-state index contributed by atoms with van der Waals surface area (Å²) < 4.78 is 0. The van der Waals surface area contributed by atoms with Gasteiger partial charge in [0.25, 0.3) is 0 Å². The lowest BCUT2D eigenvalue weighted by atomic mass is 10.2. The Morgan fingerprint density at radius 3 is 2.91 bits per heavy atom. The van der Waals surface area contributed by atoms with Crippen LogP contribution in [0.2, 0.25) is 0 Å². The molecule has 0 amide bonds. The Morgan fingerprint density at radius 1 is 1.64 bits per heavy atom. The van der Waals surface area contributed by atoms with Crippen LogP contribution in [-0.4, -0.2) is 4.98 Å². The smallest absolute Gasteiger partial charge is 0.140 e. The van der Waals surface area contributed by atoms with Gasteiger partial charge in [-0.25, -0.2) is 4.98 Å². The molecule has 1 aromatic heterocycles. The Morgan fingerprint density at radius 2 is 2.45 bits per heavy atom. The average molecular weight is 148 g/mol. The Hall–Kier alpha value is -1.44. The predicted molar refractivity (Wildman–Crippen MR) is 40.0 cm³/mol. The van der Waals surface area contributed by atoms with E-state index in [-0.39, 0.29) is 0 Å². The van der Waals surface area contributed by atoms with Crippen molar-refractivity contribution in [3.8, 4) is 6.07 Å². The van der Waals surface area contributed by atoms with Crippen LogP contribution in [0.1, 0.15) is 11.3 Å². The molecule has 0 saturated carbocycles. The summed E-state index contributed by atoms with van der Waals surface area (Å²) in [7, 11) is 0. The van der Waals surface area contributed by atoms with Crippen LogP contribution in [0, 0.1) is 11.3 Å². The van der Waals surface area contributed by atoms with Gasteiger partial charge in [-0.05, 0) is 11.6 Å². The molecule has 1 aromatic rings. The van der Waals surface area contributed by atoms with E-state index in [9.17, 15) is 0 Å². The fraction of sp³-hybridized carbons (Fsp3) is 0.143. The number of aromatic nitrogens is 1. The highest BCUT2D eigenvalue weighted by Gasteiger charge is 1.91. The zero-order chi connectivity index (χ0) is 8.10. The molecule has 0 aliphatic rings. The highest BCUT2D eigenvalue weighted by Crippen LogP contribution is 1.97. The van der Waals surface area contributed by atoms with Gasteiger partial charge >= 0.3 is 0 Å². The highest BCUT2D eigenvalue weighted by atomic mass is 15.2. The number of nitrogens with two attached hydrogens (primary N) is 1. The third kappa shape index (κ3) is 2.00. The third-order valence-corrected chi connectivity index (χ3v) is 1.25. The molecule has 0 aliphatic carbocycles. The van der Waals surface area contributed by atoms with Gasteiger partial charge in [-0.1, -0.05) is 6.07 Å². The van der Waals surface area contributed by atoms with Crippen LogP contribution < -0.4 is 11.3 Å². The van der Waals surface area contributed by atoms with Gasteiger partial charge in [-0.2, -0.15) is 5.26 Å². The van der Waals surface area contributed by atoms with Gasteiger partial charge in [-0.3, -0.25) is 11.3 Å². The van der Waals surface area contributed by atoms with E-state index < -0.39 is 0 Å². The summed E-state index contributed by atoms with van der Waals surface area (Å²) in [5.41, 5.74) is 3.88. The van der Waals surface area contributed by atoms with Crippen LogP contribution in [0.3, 0.4) is 0 Å². The number of pyridine rings is 1. The molecule has 0 unspecified atom stereocenters. The van der Waals surface area contributed by atoms with Crippen molar-refractivity contribution in [2.24, 2.45) is 5.84 Å². The quantitative estimate of drug-likeness (QED) is 0.454. The Bertz CT molecular complexity index is 259. The molecule has 0 bridgehead atoms. The van der Waals surface area contributed by atoms with E-state index in [0.29, 0.717) is 12.2 Å². The predicted octanol–water partition coefficient (Wildman–Crippen LogP) is -0.0834. The summed E-state index contributed by atoms with van der Waals surface area (Å²) >= 11 is 0. The molecule has 0 saturated heterocycles. The van der Waals surface area contributed by atoms with Gasteiger partial charge in [-0.15, -0.1) is 0 Å². The van der Waals surface area contributed by atoms with Crippen molar-refractivity contribution in [3.05, 3.63) is 29.6 Å². The molecule has 11 heavy (non-hydrogen) atoms. The molecule has 0 fully saturated rings. The van der Waals surface area contributed by atoms with E-state index in [1.54, 1.807) is 12.3 Å². The SMILES string of the molecule is N#Cc1ccc(CNN)cn1. The van der Waals surface area contributed by atoms with Gasteiger partial charge in [0.1, 0.15) is 11.8 Å². The Labute approximate surface area is 64.6 Å². The molecule has 0 aliphatic heterocycles. The van der Waals surface area contributed by atoms with E-state index >= 15 is 0 Å². The zero-order valence-corrected chi connectivity index (χ0v) is 5.91. The molecule has 1 rings (SSSR count). The average Bonchev–Trinajstić information content (AvgIpc) is 2.07. The second-order valence-corrected chi connectivity index (χ2v) is 2.04. The lowest BCUT2D eigenvalue weighted by Gasteiger charge is -1.96. The topological polar surface area (TPSA) is 74.7 Å². The maximum Gasteiger partial charge on any atom is 0.140 e. The van der Waals surface area contributed by atoms with E-state index in [0.717, 1.165) is 5.56 Å². The van der Waals surface area contributed by atoms with Crippen LogP contribution >= 0.6 is 0 Å². The normalized spacial score (nSPS) is 9.09. The summed E-state index contributed by atoms with van der Waals surface area (Å²) in [6.45, 7) is 0.568. The monoisotopic (exact) mass is 148 g/mol. The van der Waals surface area contributed by atoms with Gasteiger partial charge in [0.2, 0.25) is 0 Å². The maximum absolute atomic E-state index is 8.41. The van der Waals surface area contributed by atoms with E-state index in [4.69, 9.17) is 11.1 Å². The summed E-state index contributed by atoms with van der Waals surface area (Å²) in [6.07, 6.45) is 1.62. The Kier molecular flexibility index (Phi) is 2.55. The van der Waals surface area contributed by atoms with Crippen molar-refractivity contribution in [3.63, 3.8) is 0 Å². The van der Waals surface area contributed by atoms with Crippen LogP contribution in [-0.2, 0) is 6.54 Å². The van der Waals surface area contributed by atoms with Crippen molar-refractivity contribution in [1.29, 1.82) is 5.26 Å². The lowest BCUT2D eigenvalue weighted by molar-refractivity contribution is 0.738. The first-order valence-corrected chi connectivity index (χ1v) is 3.15. The summed E-state index contributed by atoms with van der Waals surface area (Å²) in [5.74, 6) is 5.09. The molecule has 0 aromatic carbocycles. The van der Waals surface area contributed by atoms with Crippen LogP contribution in [0.5, 0.6) is 0 Å². The standard InChI is InChI=1S/C7H8N4/c8-3-7-2-1-6(4-10-7)5-11-9/h1-2,4,11H,5,9H2. The molecule has 3 N–H and O–H groups in total. The number of nitrogens with one attached hydrogen (secondary N) is 1. The van der Waals surface area contributed by atoms with Gasteiger partial charge in [0, 0.05) is 12.7 Å². The minimum atomic E-state index is 0.422. The Balaban J connectivity index is 2.76. The largest absolute Gasteiger partial charge is 0.271 e. The molecule has 56 valence electrons. The fourth-order valence-electron chi connectivity index (χ4n) is 0.713. The van der Waals surface area contributed by atoms with E-state index in [2.05, 4.69) is 10.4 Å². The van der Waals surface area contributed by atoms with Gasteiger partial charge < -0.3 is 0 Å². The first-order valence-electron chi connectivity index (χ1n) is 3.15. The highest BCUT2D eigenvalue weighted by molar-refractivity contribution is 5.22. The van der Waals surface area contributed by atoms with Crippen molar-refractivity contribution in [2.75, 3.05) is 0 Å². The summed E-state index contributed by atoms with van der Waals surface area (Å²) in [6, 6.07) is 5.40. The van der Waals surface area contributed by atoms with Crippen molar-refractivity contribution < 1.29 is 0 Å². The van der Waals surface area contributed by atoms with Crippen molar-refractivity contribution >= 4 is 0 Å². The van der Waals surface area contributed by atoms with Gasteiger partial charge in [0.05, 0.1) is 0 Å². The number of hydrazine groups is 1. The lowest BCUT2D eigenvalue weighted by Crippen LogP contribution is -2.20. The number of hydrogen-bond donors (Lipinski definition) is 2. The zero-order valence-electron chi connectivity index (χ0n) is 5.91. The number of hydrogen-bond acceptors (Lipinski definition) is 4. The van der Waals surface area contributed by atoms with Crippen LogP contribution in [0.4, 0.5) is 0 Å². The van der Waals surface area contributed by atoms with E-state index in [1.165, 1.54) is 0 Å². The summed E-state index contributed by atoms with van der Waals surface area (Å²) in [4.78, 5) is 3.86. The van der Waals surface area contributed by atoms with Gasteiger partial charge in [0.15, 0.2) is 0 Å². The first kappa shape index (κ1) is 7.66. The number of nitrogens with zero attached hydrogens (tertiary/aromatic N) is 2. The fourth-order valence-corrected chi connectivity index (χ4v) is 0.713. The molecule has 4 heteroatoms. The third-order valence-electron chi connectivity index (χ3n) is 1.25. The van der Waals surface area contributed by atoms with Crippen molar-refractivity contribution in [1.82, 2.24) is 10.4 Å². The van der Waals surface area contributed by atoms with Crippen LogP contribution in [0.15, 0.2) is 18.3 Å².